The van der Waals surface area contributed by atoms with E-state index in [1.165, 1.54) is 11.1 Å². The number of amides is 1. The van der Waals surface area contributed by atoms with Gasteiger partial charge in [0, 0.05) is 37.2 Å². The number of carbonyl (C=O) groups excluding carboxylic acids is 1. The van der Waals surface area contributed by atoms with E-state index < -0.39 is 0 Å². The second-order valence-electron chi connectivity index (χ2n) is 8.16. The predicted molar refractivity (Wildman–Crippen MR) is 116 cm³/mol. The number of carbonyl (C=O) groups is 1. The minimum atomic E-state index is 0. The standard InChI is InChI=1S/C22H24N6O.ClH/c1-14-7-3-4-8-16(14)20-19-13-28(12-15(19)11-27(20)2)22(29)18-10-6-5-9-17(18)21-23-25-26-24-21;/h3-10,15,19-20H,11-13H2,1-2H3,(H,23,24,25,26);1H/t15-,19+,20-;/m0./s1. The number of likely N-dealkylation sites (tertiary alicyclic amines) is 2. The first-order chi connectivity index (χ1) is 14.1. The van der Waals surface area contributed by atoms with E-state index >= 15 is 0 Å². The molecule has 2 aliphatic rings. The molecule has 8 heteroatoms. The fourth-order valence-corrected chi connectivity index (χ4v) is 5.12. The summed E-state index contributed by atoms with van der Waals surface area (Å²) in [6, 6.07) is 16.5. The summed E-state index contributed by atoms with van der Waals surface area (Å²) >= 11 is 0. The number of rotatable bonds is 3. The third-order valence-corrected chi connectivity index (χ3v) is 6.43. The van der Waals surface area contributed by atoms with Gasteiger partial charge in [0.2, 0.25) is 5.82 Å². The molecule has 30 heavy (non-hydrogen) atoms. The number of nitrogens with zero attached hydrogens (tertiary/aromatic N) is 5. The molecule has 2 aromatic carbocycles. The molecule has 1 aromatic heterocycles. The number of hydrogen-bond donors (Lipinski definition) is 1. The van der Waals surface area contributed by atoms with E-state index in [1.807, 2.05) is 29.2 Å². The number of aromatic nitrogens is 4. The molecule has 7 nitrogen and oxygen atoms in total. The highest BCUT2D eigenvalue weighted by molar-refractivity contribution is 6.00. The van der Waals surface area contributed by atoms with Crippen LogP contribution in [0.2, 0.25) is 0 Å². The Bertz CT molecular complexity index is 1040. The molecule has 2 fully saturated rings. The van der Waals surface area contributed by atoms with Crippen molar-refractivity contribution in [3.8, 4) is 11.4 Å². The minimum Gasteiger partial charge on any atom is -0.338 e. The van der Waals surface area contributed by atoms with Gasteiger partial charge in [-0.2, -0.15) is 5.21 Å². The molecule has 0 saturated carbocycles. The highest BCUT2D eigenvalue weighted by atomic mass is 35.5. The molecule has 2 aliphatic heterocycles. The van der Waals surface area contributed by atoms with Gasteiger partial charge in [-0.3, -0.25) is 9.69 Å². The van der Waals surface area contributed by atoms with Crippen molar-refractivity contribution in [3.63, 3.8) is 0 Å². The van der Waals surface area contributed by atoms with E-state index in [9.17, 15) is 4.79 Å². The van der Waals surface area contributed by atoms with Crippen molar-refractivity contribution in [2.45, 2.75) is 13.0 Å². The molecule has 1 amide bonds. The molecule has 156 valence electrons. The fraction of sp³-hybridized carbons (Fsp3) is 0.364. The van der Waals surface area contributed by atoms with Gasteiger partial charge in [-0.1, -0.05) is 42.5 Å². The van der Waals surface area contributed by atoms with E-state index in [2.05, 4.69) is 63.8 Å². The van der Waals surface area contributed by atoms with Crippen LogP contribution in [-0.2, 0) is 0 Å². The van der Waals surface area contributed by atoms with Gasteiger partial charge in [0.15, 0.2) is 0 Å². The Morgan fingerprint density at radius 2 is 1.83 bits per heavy atom. The summed E-state index contributed by atoms with van der Waals surface area (Å²) < 4.78 is 0. The molecule has 0 spiro atoms. The molecular weight excluding hydrogens is 400 g/mol. The Morgan fingerprint density at radius 3 is 2.60 bits per heavy atom. The van der Waals surface area contributed by atoms with Crippen molar-refractivity contribution in [2.24, 2.45) is 11.8 Å². The number of hydrogen-bond acceptors (Lipinski definition) is 5. The monoisotopic (exact) mass is 424 g/mol. The Hall–Kier alpha value is -2.77. The zero-order valence-corrected chi connectivity index (χ0v) is 17.8. The van der Waals surface area contributed by atoms with Gasteiger partial charge in [-0.25, -0.2) is 0 Å². The number of halogens is 1. The first kappa shape index (κ1) is 20.5. The number of benzene rings is 2. The summed E-state index contributed by atoms with van der Waals surface area (Å²) in [5.41, 5.74) is 4.05. The summed E-state index contributed by atoms with van der Waals surface area (Å²) in [5.74, 6) is 1.44. The second kappa shape index (κ2) is 8.16. The SMILES string of the molecule is Cc1ccccc1[C@H]1[C@@H]2CN(C(=O)c3ccccc3-c3nn[nH]n3)C[C@@H]2CN1C.Cl. The molecule has 2 saturated heterocycles. The highest BCUT2D eigenvalue weighted by Gasteiger charge is 2.47. The lowest BCUT2D eigenvalue weighted by Gasteiger charge is -2.28. The van der Waals surface area contributed by atoms with Gasteiger partial charge in [0.25, 0.3) is 5.91 Å². The Balaban J connectivity index is 0.00000218. The van der Waals surface area contributed by atoms with Crippen molar-refractivity contribution < 1.29 is 4.79 Å². The van der Waals surface area contributed by atoms with Gasteiger partial charge in [-0.05, 0) is 42.3 Å². The first-order valence-electron chi connectivity index (χ1n) is 10.0. The summed E-state index contributed by atoms with van der Waals surface area (Å²) in [6.07, 6.45) is 0. The summed E-state index contributed by atoms with van der Waals surface area (Å²) in [4.78, 5) is 17.9. The molecule has 0 unspecified atom stereocenters. The van der Waals surface area contributed by atoms with Crippen LogP contribution in [0.15, 0.2) is 48.5 Å². The molecule has 3 atom stereocenters. The van der Waals surface area contributed by atoms with Gasteiger partial charge in [-0.15, -0.1) is 22.6 Å². The van der Waals surface area contributed by atoms with Crippen LogP contribution in [0.25, 0.3) is 11.4 Å². The molecule has 0 aliphatic carbocycles. The lowest BCUT2D eigenvalue weighted by atomic mass is 9.88. The maximum atomic E-state index is 13.4. The fourth-order valence-electron chi connectivity index (χ4n) is 5.12. The van der Waals surface area contributed by atoms with Crippen LogP contribution in [0.4, 0.5) is 0 Å². The van der Waals surface area contributed by atoms with E-state index in [0.717, 1.165) is 25.2 Å². The van der Waals surface area contributed by atoms with Crippen molar-refractivity contribution in [3.05, 3.63) is 65.2 Å². The summed E-state index contributed by atoms with van der Waals surface area (Å²) in [6.45, 7) is 4.75. The van der Waals surface area contributed by atoms with Crippen LogP contribution in [0, 0.1) is 18.8 Å². The molecule has 5 rings (SSSR count). The van der Waals surface area contributed by atoms with Crippen LogP contribution in [-0.4, -0.2) is 63.0 Å². The highest BCUT2D eigenvalue weighted by Crippen LogP contribution is 2.45. The van der Waals surface area contributed by atoms with Crippen LogP contribution < -0.4 is 0 Å². The predicted octanol–water partition coefficient (Wildman–Crippen LogP) is 2.97. The third kappa shape index (κ3) is 3.38. The molecule has 3 heterocycles. The molecule has 0 radical (unpaired) electrons. The lowest BCUT2D eigenvalue weighted by molar-refractivity contribution is 0.0768. The van der Waals surface area contributed by atoms with E-state index in [0.29, 0.717) is 29.3 Å². The van der Waals surface area contributed by atoms with Crippen LogP contribution in [0.3, 0.4) is 0 Å². The average Bonchev–Trinajstić information content (AvgIpc) is 3.45. The number of aryl methyl sites for hydroxylation is 1. The van der Waals surface area contributed by atoms with E-state index in [1.54, 1.807) is 0 Å². The number of aromatic amines is 1. The van der Waals surface area contributed by atoms with Crippen molar-refractivity contribution in [1.29, 1.82) is 0 Å². The molecule has 3 aromatic rings. The number of H-pyrrole nitrogens is 1. The summed E-state index contributed by atoms with van der Waals surface area (Å²) in [7, 11) is 2.20. The quantitative estimate of drug-likeness (QED) is 0.699. The molecule has 1 N–H and O–H groups in total. The maximum absolute atomic E-state index is 13.4. The Kier molecular flexibility index (Phi) is 5.58. The Morgan fingerprint density at radius 1 is 1.07 bits per heavy atom. The zero-order valence-electron chi connectivity index (χ0n) is 17.0. The largest absolute Gasteiger partial charge is 0.338 e. The lowest BCUT2D eigenvalue weighted by Crippen LogP contribution is -2.33. The number of tetrazole rings is 1. The van der Waals surface area contributed by atoms with Crippen molar-refractivity contribution in [2.75, 3.05) is 26.7 Å². The Labute approximate surface area is 181 Å². The van der Waals surface area contributed by atoms with E-state index in [4.69, 9.17) is 0 Å². The third-order valence-electron chi connectivity index (χ3n) is 6.43. The first-order valence-corrected chi connectivity index (χ1v) is 10.0. The topological polar surface area (TPSA) is 78.0 Å². The zero-order chi connectivity index (χ0) is 20.0. The van der Waals surface area contributed by atoms with Gasteiger partial charge in [0.1, 0.15) is 0 Å². The van der Waals surface area contributed by atoms with Gasteiger partial charge in [0.05, 0.1) is 5.56 Å². The normalized spacial score (nSPS) is 23.3. The number of fused-ring (bicyclic) bond motifs is 1. The van der Waals surface area contributed by atoms with Crippen LogP contribution in [0.5, 0.6) is 0 Å². The van der Waals surface area contributed by atoms with Crippen molar-refractivity contribution in [1.82, 2.24) is 30.4 Å². The van der Waals surface area contributed by atoms with Crippen molar-refractivity contribution >= 4 is 18.3 Å². The van der Waals surface area contributed by atoms with E-state index in [-0.39, 0.29) is 18.3 Å². The second-order valence-corrected chi connectivity index (χ2v) is 8.16. The van der Waals surface area contributed by atoms with Crippen LogP contribution in [0.1, 0.15) is 27.5 Å². The molecular formula is C22H25ClN6O. The maximum Gasteiger partial charge on any atom is 0.254 e. The summed E-state index contributed by atoms with van der Waals surface area (Å²) in [5, 5.41) is 14.2. The van der Waals surface area contributed by atoms with Gasteiger partial charge < -0.3 is 4.90 Å². The average molecular weight is 425 g/mol. The van der Waals surface area contributed by atoms with Crippen LogP contribution >= 0.6 is 12.4 Å². The number of nitrogens with one attached hydrogen (secondary N) is 1. The minimum absolute atomic E-state index is 0. The smallest absolute Gasteiger partial charge is 0.254 e. The molecule has 0 bridgehead atoms. The van der Waals surface area contributed by atoms with Gasteiger partial charge >= 0.3 is 0 Å².